The van der Waals surface area contributed by atoms with Crippen LogP contribution in [0.4, 0.5) is 0 Å². The Morgan fingerprint density at radius 2 is 1.62 bits per heavy atom. The lowest BCUT2D eigenvalue weighted by atomic mass is 10.0. The molecule has 4 N–H and O–H groups in total. The highest BCUT2D eigenvalue weighted by molar-refractivity contribution is 5.88. The highest BCUT2D eigenvalue weighted by Crippen LogP contribution is 2.35. The summed E-state index contributed by atoms with van der Waals surface area (Å²) in [6.07, 6.45) is 1.08. The van der Waals surface area contributed by atoms with E-state index in [1.807, 2.05) is 0 Å². The van der Waals surface area contributed by atoms with Gasteiger partial charge >= 0.3 is 0 Å². The van der Waals surface area contributed by atoms with Gasteiger partial charge in [-0.25, -0.2) is 0 Å². The molecule has 21 heavy (non-hydrogen) atoms. The summed E-state index contributed by atoms with van der Waals surface area (Å²) >= 11 is 0. The van der Waals surface area contributed by atoms with Crippen LogP contribution in [0.1, 0.15) is 0 Å². The van der Waals surface area contributed by atoms with Gasteiger partial charge in [0.1, 0.15) is 17.8 Å². The molecule has 0 aliphatic carbocycles. The zero-order valence-electron chi connectivity index (χ0n) is 10.6. The normalized spacial score (nSPS) is 10.9. The molecule has 0 saturated heterocycles. The molecule has 0 fully saturated rings. The van der Waals surface area contributed by atoms with Gasteiger partial charge in [-0.05, 0) is 24.3 Å². The molecule has 0 amide bonds. The Bertz CT molecular complexity index is 910. The van der Waals surface area contributed by atoms with Gasteiger partial charge in [0.15, 0.2) is 11.3 Å². The van der Waals surface area contributed by atoms with Crippen molar-refractivity contribution in [2.24, 2.45) is 0 Å². The molecule has 6 heteroatoms. The molecule has 0 saturated carbocycles. The SMILES string of the molecule is O=c1c(-c2ccc(O)cc2O)coc2c(O)c(O)ccc12. The highest BCUT2D eigenvalue weighted by Gasteiger charge is 2.16. The summed E-state index contributed by atoms with van der Waals surface area (Å²) in [4.78, 5) is 12.4. The minimum absolute atomic E-state index is 0.0651. The number of hydrogen-bond acceptors (Lipinski definition) is 6. The number of phenols is 4. The minimum atomic E-state index is -0.522. The van der Waals surface area contributed by atoms with Crippen molar-refractivity contribution in [1.82, 2.24) is 0 Å². The average molecular weight is 286 g/mol. The smallest absolute Gasteiger partial charge is 0.201 e. The molecule has 0 spiro atoms. The lowest BCUT2D eigenvalue weighted by molar-refractivity contribution is 0.399. The fraction of sp³-hybridized carbons (Fsp3) is 0. The highest BCUT2D eigenvalue weighted by atomic mass is 16.4. The maximum absolute atomic E-state index is 12.4. The molecule has 106 valence electrons. The molecule has 3 aromatic rings. The largest absolute Gasteiger partial charge is 0.508 e. The number of phenolic OH excluding ortho intramolecular Hbond substituents is 4. The van der Waals surface area contributed by atoms with Crippen LogP contribution in [-0.2, 0) is 0 Å². The van der Waals surface area contributed by atoms with E-state index in [4.69, 9.17) is 4.42 Å². The number of hydrogen-bond donors (Lipinski definition) is 4. The number of benzene rings is 2. The zero-order valence-corrected chi connectivity index (χ0v) is 10.6. The van der Waals surface area contributed by atoms with Crippen molar-refractivity contribution < 1.29 is 24.8 Å². The predicted octanol–water partition coefficient (Wildman–Crippen LogP) is 2.28. The van der Waals surface area contributed by atoms with Gasteiger partial charge in [0.25, 0.3) is 0 Å². The van der Waals surface area contributed by atoms with Crippen LogP contribution < -0.4 is 5.43 Å². The first-order chi connectivity index (χ1) is 9.99. The summed E-state index contributed by atoms with van der Waals surface area (Å²) in [5.74, 6) is -1.33. The summed E-state index contributed by atoms with van der Waals surface area (Å²) in [6, 6.07) is 6.30. The maximum atomic E-state index is 12.4. The minimum Gasteiger partial charge on any atom is -0.508 e. The topological polar surface area (TPSA) is 111 Å². The third kappa shape index (κ3) is 1.93. The second kappa shape index (κ2) is 4.45. The third-order valence-corrected chi connectivity index (χ3v) is 3.17. The second-order valence-electron chi connectivity index (χ2n) is 4.49. The zero-order chi connectivity index (χ0) is 15.1. The van der Waals surface area contributed by atoms with Crippen molar-refractivity contribution in [2.75, 3.05) is 0 Å². The van der Waals surface area contributed by atoms with E-state index in [1.165, 1.54) is 24.3 Å². The van der Waals surface area contributed by atoms with Crippen LogP contribution in [0, 0.1) is 0 Å². The molecule has 0 aliphatic rings. The van der Waals surface area contributed by atoms with Gasteiger partial charge in [0.2, 0.25) is 11.2 Å². The molecule has 0 aliphatic heterocycles. The van der Waals surface area contributed by atoms with Crippen molar-refractivity contribution in [3.8, 4) is 34.1 Å². The van der Waals surface area contributed by atoms with Crippen LogP contribution in [0.25, 0.3) is 22.1 Å². The first-order valence-electron chi connectivity index (χ1n) is 5.98. The number of rotatable bonds is 1. The van der Waals surface area contributed by atoms with Crippen LogP contribution in [-0.4, -0.2) is 20.4 Å². The molecule has 0 radical (unpaired) electrons. The first kappa shape index (κ1) is 12.9. The van der Waals surface area contributed by atoms with Crippen LogP contribution in [0.3, 0.4) is 0 Å². The van der Waals surface area contributed by atoms with Crippen LogP contribution in [0.15, 0.2) is 45.8 Å². The third-order valence-electron chi connectivity index (χ3n) is 3.17. The van der Waals surface area contributed by atoms with E-state index < -0.39 is 16.9 Å². The van der Waals surface area contributed by atoms with E-state index in [-0.39, 0.29) is 33.6 Å². The Kier molecular flexibility index (Phi) is 2.72. The average Bonchev–Trinajstić information content (AvgIpc) is 2.44. The number of aromatic hydroxyl groups is 4. The maximum Gasteiger partial charge on any atom is 0.201 e. The van der Waals surface area contributed by atoms with Crippen LogP contribution in [0.5, 0.6) is 23.0 Å². The van der Waals surface area contributed by atoms with E-state index in [0.29, 0.717) is 0 Å². The molecule has 0 atom stereocenters. The van der Waals surface area contributed by atoms with Crippen molar-refractivity contribution >= 4 is 11.0 Å². The number of fused-ring (bicyclic) bond motifs is 1. The van der Waals surface area contributed by atoms with Gasteiger partial charge in [-0.2, -0.15) is 0 Å². The van der Waals surface area contributed by atoms with Gasteiger partial charge in [-0.1, -0.05) is 0 Å². The monoisotopic (exact) mass is 286 g/mol. The van der Waals surface area contributed by atoms with Crippen molar-refractivity contribution in [2.45, 2.75) is 0 Å². The molecule has 0 unspecified atom stereocenters. The molecular formula is C15H10O6. The summed E-state index contributed by atoms with van der Waals surface area (Å²) in [6.45, 7) is 0. The second-order valence-corrected chi connectivity index (χ2v) is 4.49. The summed E-state index contributed by atoms with van der Waals surface area (Å²) in [5, 5.41) is 38.2. The quantitative estimate of drug-likeness (QED) is 0.511. The summed E-state index contributed by atoms with van der Waals surface area (Å²) in [7, 11) is 0. The Morgan fingerprint density at radius 3 is 2.33 bits per heavy atom. The van der Waals surface area contributed by atoms with E-state index in [9.17, 15) is 25.2 Å². The van der Waals surface area contributed by atoms with Gasteiger partial charge in [-0.3, -0.25) is 4.79 Å². The molecule has 1 aromatic heterocycles. The van der Waals surface area contributed by atoms with Crippen LogP contribution >= 0.6 is 0 Å². The standard InChI is InChI=1S/C15H10O6/c16-7-1-2-8(12(18)5-7)10-6-21-15-9(13(10)19)3-4-11(17)14(15)20/h1-6,16-18,20H. The Morgan fingerprint density at radius 1 is 0.857 bits per heavy atom. The van der Waals surface area contributed by atoms with Crippen molar-refractivity contribution in [1.29, 1.82) is 0 Å². The van der Waals surface area contributed by atoms with Gasteiger partial charge in [0, 0.05) is 11.6 Å². The summed E-state index contributed by atoms with van der Waals surface area (Å²) < 4.78 is 5.19. The lowest BCUT2D eigenvalue weighted by Crippen LogP contribution is -2.04. The fourth-order valence-electron chi connectivity index (χ4n) is 2.11. The van der Waals surface area contributed by atoms with Gasteiger partial charge in [0.05, 0.1) is 10.9 Å². The van der Waals surface area contributed by atoms with Crippen LogP contribution in [0.2, 0.25) is 0 Å². The van der Waals surface area contributed by atoms with E-state index >= 15 is 0 Å². The Hall–Kier alpha value is -3.15. The molecular weight excluding hydrogens is 276 g/mol. The first-order valence-corrected chi connectivity index (χ1v) is 5.98. The predicted molar refractivity (Wildman–Crippen MR) is 74.6 cm³/mol. The fourth-order valence-corrected chi connectivity index (χ4v) is 2.11. The molecule has 6 nitrogen and oxygen atoms in total. The Balaban J connectivity index is 2.33. The van der Waals surface area contributed by atoms with Gasteiger partial charge in [-0.15, -0.1) is 0 Å². The molecule has 1 heterocycles. The Labute approximate surface area is 117 Å². The van der Waals surface area contributed by atoms with Crippen molar-refractivity contribution in [3.63, 3.8) is 0 Å². The van der Waals surface area contributed by atoms with Crippen molar-refractivity contribution in [3.05, 3.63) is 46.8 Å². The van der Waals surface area contributed by atoms with E-state index in [0.717, 1.165) is 12.3 Å². The van der Waals surface area contributed by atoms with E-state index in [2.05, 4.69) is 0 Å². The molecule has 2 aromatic carbocycles. The summed E-state index contributed by atoms with van der Waals surface area (Å²) in [5.41, 5.74) is -0.351. The molecule has 0 bridgehead atoms. The lowest BCUT2D eigenvalue weighted by Gasteiger charge is -2.06. The van der Waals surface area contributed by atoms with E-state index in [1.54, 1.807) is 0 Å². The van der Waals surface area contributed by atoms with Gasteiger partial charge < -0.3 is 24.8 Å². The molecule has 3 rings (SSSR count).